The van der Waals surface area contributed by atoms with Crippen LogP contribution in [0.15, 0.2) is 47.3 Å². The summed E-state index contributed by atoms with van der Waals surface area (Å²) >= 11 is 1.62. The minimum Gasteiger partial charge on any atom is -0.395 e. The Balaban J connectivity index is 1.94. The SMILES string of the molecule is Cc1cccc2c(=O)c3c(sc12)c(NCCNCCO)nc1ccccc13. The summed E-state index contributed by atoms with van der Waals surface area (Å²) in [6, 6.07) is 13.7. The number of aromatic nitrogens is 1. The van der Waals surface area contributed by atoms with E-state index in [1.54, 1.807) is 11.3 Å². The highest BCUT2D eigenvalue weighted by atomic mass is 32.1. The molecule has 0 spiro atoms. The van der Waals surface area contributed by atoms with Gasteiger partial charge in [-0.15, -0.1) is 11.3 Å². The van der Waals surface area contributed by atoms with E-state index in [4.69, 9.17) is 10.1 Å². The van der Waals surface area contributed by atoms with Gasteiger partial charge in [-0.2, -0.15) is 0 Å². The smallest absolute Gasteiger partial charge is 0.196 e. The molecule has 0 unspecified atom stereocenters. The van der Waals surface area contributed by atoms with Crippen LogP contribution in [0.3, 0.4) is 0 Å². The molecule has 6 heteroatoms. The molecule has 5 nitrogen and oxygen atoms in total. The Morgan fingerprint density at radius 2 is 1.81 bits per heavy atom. The molecule has 2 heterocycles. The highest BCUT2D eigenvalue weighted by Gasteiger charge is 2.15. The van der Waals surface area contributed by atoms with Gasteiger partial charge >= 0.3 is 0 Å². The van der Waals surface area contributed by atoms with Crippen molar-refractivity contribution in [2.75, 3.05) is 31.6 Å². The zero-order valence-corrected chi connectivity index (χ0v) is 15.9. The summed E-state index contributed by atoms with van der Waals surface area (Å²) in [5.74, 6) is 0.738. The van der Waals surface area contributed by atoms with Crippen LogP contribution in [0.5, 0.6) is 0 Å². The van der Waals surface area contributed by atoms with E-state index in [2.05, 4.69) is 10.6 Å². The summed E-state index contributed by atoms with van der Waals surface area (Å²) in [4.78, 5) is 18.1. The van der Waals surface area contributed by atoms with Crippen molar-refractivity contribution in [1.29, 1.82) is 0 Å². The van der Waals surface area contributed by atoms with Crippen LogP contribution in [-0.2, 0) is 0 Å². The van der Waals surface area contributed by atoms with Crippen molar-refractivity contribution in [3.63, 3.8) is 0 Å². The Labute approximate surface area is 160 Å². The number of anilines is 1. The van der Waals surface area contributed by atoms with Gasteiger partial charge < -0.3 is 15.7 Å². The molecule has 0 radical (unpaired) electrons. The van der Waals surface area contributed by atoms with Crippen LogP contribution in [0.1, 0.15) is 5.56 Å². The molecule has 2 aromatic heterocycles. The number of rotatable bonds is 6. The second-order valence-electron chi connectivity index (χ2n) is 6.46. The lowest BCUT2D eigenvalue weighted by Crippen LogP contribution is -2.25. The Morgan fingerprint density at radius 1 is 1.00 bits per heavy atom. The molecule has 0 fully saturated rings. The zero-order chi connectivity index (χ0) is 18.8. The molecule has 0 atom stereocenters. The number of aliphatic hydroxyl groups is 1. The number of pyridine rings is 1. The van der Waals surface area contributed by atoms with Crippen molar-refractivity contribution in [3.05, 3.63) is 58.3 Å². The van der Waals surface area contributed by atoms with Crippen LogP contribution in [0.25, 0.3) is 31.1 Å². The first-order valence-corrected chi connectivity index (χ1v) is 9.82. The average molecular weight is 379 g/mol. The molecule has 0 aliphatic carbocycles. The number of hydrogen-bond donors (Lipinski definition) is 3. The lowest BCUT2D eigenvalue weighted by molar-refractivity contribution is 0.293. The van der Waals surface area contributed by atoms with Crippen LogP contribution < -0.4 is 16.1 Å². The van der Waals surface area contributed by atoms with Gasteiger partial charge in [0, 0.05) is 35.1 Å². The standard InChI is InChI=1S/C21H21N3O2S/c1-13-5-4-7-15-18(26)17-14-6-2-3-8-16(14)24-21(20(17)27-19(13)15)23-10-9-22-11-12-25/h2-8,22,25H,9-12H2,1H3,(H,23,24). The number of para-hydroxylation sites is 1. The van der Waals surface area contributed by atoms with Crippen molar-refractivity contribution in [1.82, 2.24) is 10.3 Å². The second kappa shape index (κ2) is 7.60. The molecule has 0 aliphatic heterocycles. The molecule has 0 aliphatic rings. The Kier molecular flexibility index (Phi) is 5.03. The van der Waals surface area contributed by atoms with E-state index in [0.717, 1.165) is 42.5 Å². The molecule has 0 amide bonds. The fourth-order valence-electron chi connectivity index (χ4n) is 3.32. The van der Waals surface area contributed by atoms with Crippen LogP contribution in [-0.4, -0.2) is 36.3 Å². The summed E-state index contributed by atoms with van der Waals surface area (Å²) in [5, 5.41) is 17.8. The maximum absolute atomic E-state index is 13.3. The molecule has 27 heavy (non-hydrogen) atoms. The third-order valence-corrected chi connectivity index (χ3v) is 5.97. The van der Waals surface area contributed by atoms with Crippen molar-refractivity contribution in [2.45, 2.75) is 6.92 Å². The van der Waals surface area contributed by atoms with E-state index in [-0.39, 0.29) is 12.0 Å². The maximum atomic E-state index is 13.3. The van der Waals surface area contributed by atoms with Gasteiger partial charge in [0.05, 0.1) is 22.2 Å². The number of aliphatic hydroxyl groups excluding tert-OH is 1. The Hall–Kier alpha value is -2.54. The predicted octanol–water partition coefficient (Wildman–Crippen LogP) is 3.27. The highest BCUT2D eigenvalue weighted by Crippen LogP contribution is 2.34. The topological polar surface area (TPSA) is 74.2 Å². The number of fused-ring (bicyclic) bond motifs is 4. The van der Waals surface area contributed by atoms with Gasteiger partial charge in [-0.1, -0.05) is 30.3 Å². The summed E-state index contributed by atoms with van der Waals surface area (Å²) in [6.45, 7) is 4.07. The van der Waals surface area contributed by atoms with Gasteiger partial charge in [0.25, 0.3) is 0 Å². The maximum Gasteiger partial charge on any atom is 0.196 e. The van der Waals surface area contributed by atoms with Crippen LogP contribution in [0.2, 0.25) is 0 Å². The quantitative estimate of drug-likeness (QED) is 0.272. The molecule has 0 bridgehead atoms. The average Bonchev–Trinajstić information content (AvgIpc) is 2.68. The minimum absolute atomic E-state index is 0.0579. The van der Waals surface area contributed by atoms with E-state index < -0.39 is 0 Å². The zero-order valence-electron chi connectivity index (χ0n) is 15.1. The molecule has 4 aromatic rings. The Morgan fingerprint density at radius 3 is 2.67 bits per heavy atom. The molecular formula is C21H21N3O2S. The van der Waals surface area contributed by atoms with E-state index in [0.29, 0.717) is 19.6 Å². The first-order chi connectivity index (χ1) is 13.2. The van der Waals surface area contributed by atoms with Crippen LogP contribution in [0.4, 0.5) is 5.82 Å². The lowest BCUT2D eigenvalue weighted by Gasteiger charge is -2.12. The van der Waals surface area contributed by atoms with Gasteiger partial charge in [0.2, 0.25) is 0 Å². The van der Waals surface area contributed by atoms with E-state index >= 15 is 0 Å². The third-order valence-electron chi connectivity index (χ3n) is 4.62. The molecule has 3 N–H and O–H groups in total. The van der Waals surface area contributed by atoms with Gasteiger partial charge in [0.15, 0.2) is 5.43 Å². The first kappa shape index (κ1) is 17.9. The number of hydrogen-bond acceptors (Lipinski definition) is 6. The van der Waals surface area contributed by atoms with E-state index in [9.17, 15) is 4.79 Å². The number of nitrogens with zero attached hydrogens (tertiary/aromatic N) is 1. The minimum atomic E-state index is 0.0579. The summed E-state index contributed by atoms with van der Waals surface area (Å²) in [7, 11) is 0. The molecule has 2 aromatic carbocycles. The van der Waals surface area contributed by atoms with Crippen LogP contribution >= 0.6 is 11.3 Å². The fourth-order valence-corrected chi connectivity index (χ4v) is 4.54. The summed E-state index contributed by atoms with van der Waals surface area (Å²) in [5.41, 5.74) is 1.97. The van der Waals surface area contributed by atoms with E-state index in [1.807, 2.05) is 49.4 Å². The summed E-state index contributed by atoms with van der Waals surface area (Å²) in [6.07, 6.45) is 0. The van der Waals surface area contributed by atoms with Crippen LogP contribution in [0, 0.1) is 6.92 Å². The van der Waals surface area contributed by atoms with Gasteiger partial charge in [0.1, 0.15) is 5.82 Å². The van der Waals surface area contributed by atoms with Gasteiger partial charge in [-0.05, 0) is 24.6 Å². The van der Waals surface area contributed by atoms with Crippen molar-refractivity contribution < 1.29 is 5.11 Å². The molecule has 138 valence electrons. The second-order valence-corrected chi connectivity index (χ2v) is 7.49. The molecule has 0 saturated carbocycles. The third kappa shape index (κ3) is 3.27. The number of nitrogens with one attached hydrogen (secondary N) is 2. The molecular weight excluding hydrogens is 358 g/mol. The van der Waals surface area contributed by atoms with Crippen molar-refractivity contribution in [2.24, 2.45) is 0 Å². The number of benzene rings is 2. The summed E-state index contributed by atoms with van der Waals surface area (Å²) < 4.78 is 1.90. The predicted molar refractivity (Wildman–Crippen MR) is 114 cm³/mol. The molecule has 4 rings (SSSR count). The number of aryl methyl sites for hydroxylation is 1. The highest BCUT2D eigenvalue weighted by molar-refractivity contribution is 7.25. The van der Waals surface area contributed by atoms with Gasteiger partial charge in [-0.3, -0.25) is 4.79 Å². The first-order valence-electron chi connectivity index (χ1n) is 9.01. The normalized spacial score (nSPS) is 11.5. The van der Waals surface area contributed by atoms with Crippen molar-refractivity contribution >= 4 is 48.2 Å². The van der Waals surface area contributed by atoms with Gasteiger partial charge in [-0.25, -0.2) is 4.98 Å². The monoisotopic (exact) mass is 379 g/mol. The Bertz CT molecular complexity index is 1190. The van der Waals surface area contributed by atoms with Crippen molar-refractivity contribution in [3.8, 4) is 0 Å². The molecule has 0 saturated heterocycles. The fraction of sp³-hybridized carbons (Fsp3) is 0.238. The largest absolute Gasteiger partial charge is 0.395 e. The lowest BCUT2D eigenvalue weighted by atomic mass is 10.1. The van der Waals surface area contributed by atoms with E-state index in [1.165, 1.54) is 0 Å².